The number of aldehydes is 1. The first-order valence-electron chi connectivity index (χ1n) is 4.49. The first kappa shape index (κ1) is 10.5. The average Bonchev–Trinajstić information content (AvgIpc) is 2.15. The minimum Gasteiger partial charge on any atom is -0.298 e. The predicted octanol–water partition coefficient (Wildman–Crippen LogP) is 2.67. The zero-order valence-corrected chi connectivity index (χ0v) is 8.66. The highest BCUT2D eigenvalue weighted by molar-refractivity contribution is 5.79. The summed E-state index contributed by atoms with van der Waals surface area (Å²) in [4.78, 5) is 10.7. The van der Waals surface area contributed by atoms with Crippen molar-refractivity contribution in [2.45, 2.75) is 26.2 Å². The molecule has 0 atom stereocenters. The second-order valence-electron chi connectivity index (χ2n) is 4.28. The van der Waals surface area contributed by atoms with Crippen LogP contribution in [0.2, 0.25) is 0 Å². The van der Waals surface area contributed by atoms with Crippen molar-refractivity contribution >= 4 is 6.29 Å². The predicted molar refractivity (Wildman–Crippen MR) is 55.2 cm³/mol. The first-order chi connectivity index (χ1) is 6.49. The molecule has 0 heterocycles. The summed E-state index contributed by atoms with van der Waals surface area (Å²) in [5.74, 6) is 0. The Hall–Kier alpha value is -1.62. The second-order valence-corrected chi connectivity index (χ2v) is 4.28. The van der Waals surface area contributed by atoms with Gasteiger partial charge in [0.2, 0.25) is 0 Å². The quantitative estimate of drug-likeness (QED) is 0.634. The maximum absolute atomic E-state index is 10.7. The van der Waals surface area contributed by atoms with Gasteiger partial charge >= 0.3 is 0 Å². The number of nitriles is 1. The highest BCUT2D eigenvalue weighted by Crippen LogP contribution is 2.23. The number of hydrogen-bond donors (Lipinski definition) is 0. The second kappa shape index (κ2) is 3.63. The standard InChI is InChI=1S/C12H13NO/c1-12(2,3)11-5-4-9(7-13)10(6-11)8-14/h4-6,8H,1-3H3. The number of nitrogens with zero attached hydrogens (tertiary/aromatic N) is 1. The summed E-state index contributed by atoms with van der Waals surface area (Å²) in [5, 5.41) is 8.73. The van der Waals surface area contributed by atoms with Gasteiger partial charge in [-0.25, -0.2) is 0 Å². The fraction of sp³-hybridized carbons (Fsp3) is 0.333. The van der Waals surface area contributed by atoms with E-state index in [1.807, 2.05) is 12.1 Å². The van der Waals surface area contributed by atoms with Gasteiger partial charge in [0.15, 0.2) is 6.29 Å². The van der Waals surface area contributed by atoms with Gasteiger partial charge in [0.1, 0.15) is 0 Å². The molecule has 0 saturated heterocycles. The van der Waals surface area contributed by atoms with Gasteiger partial charge in [0, 0.05) is 5.56 Å². The maximum atomic E-state index is 10.7. The SMILES string of the molecule is CC(C)(C)c1ccc(C#N)c(C=O)c1. The van der Waals surface area contributed by atoms with Crippen molar-refractivity contribution in [3.05, 3.63) is 34.9 Å². The molecule has 0 aliphatic heterocycles. The third-order valence-corrected chi connectivity index (χ3v) is 2.17. The Labute approximate surface area is 84.2 Å². The lowest BCUT2D eigenvalue weighted by Crippen LogP contribution is -2.11. The lowest BCUT2D eigenvalue weighted by molar-refractivity contribution is 0.112. The molecule has 0 radical (unpaired) electrons. The molecule has 1 rings (SSSR count). The molecule has 1 aromatic rings. The van der Waals surface area contributed by atoms with Crippen molar-refractivity contribution in [1.29, 1.82) is 5.26 Å². The van der Waals surface area contributed by atoms with E-state index >= 15 is 0 Å². The van der Waals surface area contributed by atoms with Crippen molar-refractivity contribution in [1.82, 2.24) is 0 Å². The van der Waals surface area contributed by atoms with Gasteiger partial charge in [0.05, 0.1) is 11.6 Å². The van der Waals surface area contributed by atoms with Crippen LogP contribution in [-0.4, -0.2) is 6.29 Å². The van der Waals surface area contributed by atoms with Crippen molar-refractivity contribution in [3.63, 3.8) is 0 Å². The van der Waals surface area contributed by atoms with Gasteiger partial charge in [-0.1, -0.05) is 26.8 Å². The number of carbonyl (C=O) groups is 1. The molecule has 2 nitrogen and oxygen atoms in total. The Morgan fingerprint density at radius 3 is 2.43 bits per heavy atom. The highest BCUT2D eigenvalue weighted by Gasteiger charge is 2.14. The molecule has 2 heteroatoms. The molecule has 0 aliphatic carbocycles. The minimum absolute atomic E-state index is 0.00570. The van der Waals surface area contributed by atoms with Crippen LogP contribution in [0.15, 0.2) is 18.2 Å². The Morgan fingerprint density at radius 1 is 1.36 bits per heavy atom. The van der Waals surface area contributed by atoms with E-state index in [2.05, 4.69) is 20.8 Å². The fourth-order valence-corrected chi connectivity index (χ4v) is 1.23. The third-order valence-electron chi connectivity index (χ3n) is 2.17. The zero-order chi connectivity index (χ0) is 10.8. The summed E-state index contributed by atoms with van der Waals surface area (Å²) in [5.41, 5.74) is 1.98. The van der Waals surface area contributed by atoms with Crippen LogP contribution in [0.3, 0.4) is 0 Å². The van der Waals surface area contributed by atoms with Gasteiger partial charge in [-0.3, -0.25) is 4.79 Å². The molecular weight excluding hydrogens is 174 g/mol. The lowest BCUT2D eigenvalue weighted by Gasteiger charge is -2.19. The normalized spacial score (nSPS) is 10.7. The Balaban J connectivity index is 3.30. The van der Waals surface area contributed by atoms with Gasteiger partial charge in [-0.05, 0) is 23.1 Å². The van der Waals surface area contributed by atoms with E-state index in [9.17, 15) is 4.79 Å². The van der Waals surface area contributed by atoms with E-state index < -0.39 is 0 Å². The van der Waals surface area contributed by atoms with Gasteiger partial charge in [-0.2, -0.15) is 5.26 Å². The van der Waals surface area contributed by atoms with Crippen LogP contribution in [0.1, 0.15) is 42.3 Å². The molecule has 0 aromatic heterocycles. The molecule has 14 heavy (non-hydrogen) atoms. The van der Waals surface area contributed by atoms with E-state index in [0.717, 1.165) is 11.8 Å². The number of carbonyl (C=O) groups excluding carboxylic acids is 1. The molecular formula is C12H13NO. The van der Waals surface area contributed by atoms with Gasteiger partial charge in [0.25, 0.3) is 0 Å². The summed E-state index contributed by atoms with van der Waals surface area (Å²) in [6, 6.07) is 7.37. The van der Waals surface area contributed by atoms with Crippen LogP contribution in [-0.2, 0) is 5.41 Å². The summed E-state index contributed by atoms with van der Waals surface area (Å²) in [6.07, 6.45) is 0.730. The molecule has 72 valence electrons. The topological polar surface area (TPSA) is 40.9 Å². The van der Waals surface area contributed by atoms with E-state index in [0.29, 0.717) is 11.1 Å². The Kier molecular flexibility index (Phi) is 2.71. The fourth-order valence-electron chi connectivity index (χ4n) is 1.23. The van der Waals surface area contributed by atoms with E-state index in [4.69, 9.17) is 5.26 Å². The third kappa shape index (κ3) is 2.00. The molecule has 0 bridgehead atoms. The largest absolute Gasteiger partial charge is 0.298 e. The van der Waals surface area contributed by atoms with Gasteiger partial charge < -0.3 is 0 Å². The maximum Gasteiger partial charge on any atom is 0.151 e. The average molecular weight is 187 g/mol. The van der Waals surface area contributed by atoms with Crippen LogP contribution in [0, 0.1) is 11.3 Å². The zero-order valence-electron chi connectivity index (χ0n) is 8.66. The molecule has 0 aliphatic rings. The highest BCUT2D eigenvalue weighted by atomic mass is 16.1. The van der Waals surface area contributed by atoms with Crippen molar-refractivity contribution in [2.75, 3.05) is 0 Å². The van der Waals surface area contributed by atoms with Crippen LogP contribution >= 0.6 is 0 Å². The van der Waals surface area contributed by atoms with E-state index in [1.54, 1.807) is 12.1 Å². The molecule has 0 fully saturated rings. The monoisotopic (exact) mass is 187 g/mol. The summed E-state index contributed by atoms with van der Waals surface area (Å²) >= 11 is 0. The van der Waals surface area contributed by atoms with Crippen LogP contribution in [0.4, 0.5) is 0 Å². The molecule has 0 N–H and O–H groups in total. The lowest BCUT2D eigenvalue weighted by atomic mass is 9.85. The number of rotatable bonds is 1. The van der Waals surface area contributed by atoms with Crippen molar-refractivity contribution in [3.8, 4) is 6.07 Å². The molecule has 0 unspecified atom stereocenters. The summed E-state index contributed by atoms with van der Waals surface area (Å²) in [6.45, 7) is 6.22. The summed E-state index contributed by atoms with van der Waals surface area (Å²) < 4.78 is 0. The number of benzene rings is 1. The molecule has 0 saturated carbocycles. The Bertz CT molecular complexity index is 394. The molecule has 0 amide bonds. The van der Waals surface area contributed by atoms with E-state index in [-0.39, 0.29) is 5.41 Å². The smallest absolute Gasteiger partial charge is 0.151 e. The van der Waals surface area contributed by atoms with Crippen molar-refractivity contribution < 1.29 is 4.79 Å². The van der Waals surface area contributed by atoms with Crippen LogP contribution < -0.4 is 0 Å². The Morgan fingerprint density at radius 2 is 2.00 bits per heavy atom. The summed E-state index contributed by atoms with van der Waals surface area (Å²) in [7, 11) is 0. The van der Waals surface area contributed by atoms with Crippen LogP contribution in [0.25, 0.3) is 0 Å². The van der Waals surface area contributed by atoms with Crippen molar-refractivity contribution in [2.24, 2.45) is 0 Å². The van der Waals surface area contributed by atoms with Gasteiger partial charge in [-0.15, -0.1) is 0 Å². The molecule has 0 spiro atoms. The minimum atomic E-state index is 0.00570. The first-order valence-corrected chi connectivity index (χ1v) is 4.49. The molecule has 1 aromatic carbocycles. The number of hydrogen-bond acceptors (Lipinski definition) is 2. The van der Waals surface area contributed by atoms with E-state index in [1.165, 1.54) is 0 Å². The van der Waals surface area contributed by atoms with Crippen LogP contribution in [0.5, 0.6) is 0 Å².